The molecule has 8 heteroatoms. The highest BCUT2D eigenvalue weighted by Crippen LogP contribution is 2.34. The fourth-order valence-corrected chi connectivity index (χ4v) is 3.15. The molecule has 0 radical (unpaired) electrons. The molecule has 8 nitrogen and oxygen atoms in total. The summed E-state index contributed by atoms with van der Waals surface area (Å²) in [6.07, 6.45) is 2.24. The summed E-state index contributed by atoms with van der Waals surface area (Å²) in [5.41, 5.74) is 1.38. The number of benzene rings is 1. The number of H-pyrrole nitrogens is 1. The van der Waals surface area contributed by atoms with Crippen molar-refractivity contribution in [1.29, 1.82) is 0 Å². The zero-order valence-corrected chi connectivity index (χ0v) is 17.3. The standard InChI is InChI=1S/C22H26N2O6/c1-13(2)21(15-5-6-18-19(10-15)29-8-4-7-28-18)24-20(26)12-30-22(27)17-9-16(11-23-17)14(3)25/h5-6,9-11,13,21,23H,4,7-8,12H2,1-3H3,(H,24,26)/t21-/m1/s1. The first-order valence-electron chi connectivity index (χ1n) is 9.90. The first kappa shape index (κ1) is 21.4. The Balaban J connectivity index is 1.62. The molecule has 1 amide bonds. The summed E-state index contributed by atoms with van der Waals surface area (Å²) in [5, 5.41) is 2.91. The van der Waals surface area contributed by atoms with E-state index in [1.807, 2.05) is 32.0 Å². The highest BCUT2D eigenvalue weighted by Gasteiger charge is 2.22. The fourth-order valence-electron chi connectivity index (χ4n) is 3.15. The molecule has 2 heterocycles. The zero-order chi connectivity index (χ0) is 21.7. The second kappa shape index (κ2) is 9.47. The van der Waals surface area contributed by atoms with Gasteiger partial charge in [-0.1, -0.05) is 19.9 Å². The number of hydrogen-bond donors (Lipinski definition) is 2. The van der Waals surface area contributed by atoms with Gasteiger partial charge in [-0.3, -0.25) is 9.59 Å². The molecule has 0 spiro atoms. The normalized spacial score (nSPS) is 14.0. The molecule has 1 aromatic carbocycles. The van der Waals surface area contributed by atoms with Crippen LogP contribution in [0.2, 0.25) is 0 Å². The monoisotopic (exact) mass is 414 g/mol. The van der Waals surface area contributed by atoms with Gasteiger partial charge in [0, 0.05) is 18.2 Å². The summed E-state index contributed by atoms with van der Waals surface area (Å²) < 4.78 is 16.5. The smallest absolute Gasteiger partial charge is 0.355 e. The molecule has 1 aliphatic rings. The summed E-state index contributed by atoms with van der Waals surface area (Å²) >= 11 is 0. The number of hydrogen-bond acceptors (Lipinski definition) is 6. The first-order valence-corrected chi connectivity index (χ1v) is 9.90. The Morgan fingerprint density at radius 1 is 1.13 bits per heavy atom. The van der Waals surface area contributed by atoms with E-state index in [9.17, 15) is 14.4 Å². The topological polar surface area (TPSA) is 107 Å². The van der Waals surface area contributed by atoms with Crippen molar-refractivity contribution in [2.24, 2.45) is 5.92 Å². The van der Waals surface area contributed by atoms with Gasteiger partial charge in [0.1, 0.15) is 5.69 Å². The lowest BCUT2D eigenvalue weighted by Gasteiger charge is -2.23. The molecule has 3 rings (SSSR count). The first-order chi connectivity index (χ1) is 14.3. The summed E-state index contributed by atoms with van der Waals surface area (Å²) in [4.78, 5) is 38.5. The van der Waals surface area contributed by atoms with Crippen LogP contribution in [0, 0.1) is 5.92 Å². The van der Waals surface area contributed by atoms with Crippen molar-refractivity contribution in [3.8, 4) is 11.5 Å². The van der Waals surface area contributed by atoms with E-state index in [1.165, 1.54) is 19.2 Å². The lowest BCUT2D eigenvalue weighted by atomic mass is 9.95. The van der Waals surface area contributed by atoms with Crippen molar-refractivity contribution in [3.05, 3.63) is 47.3 Å². The Kier molecular flexibility index (Phi) is 6.76. The minimum atomic E-state index is -0.700. The van der Waals surface area contributed by atoms with Crippen molar-refractivity contribution >= 4 is 17.7 Å². The molecule has 160 valence electrons. The summed E-state index contributed by atoms with van der Waals surface area (Å²) in [6.45, 7) is 6.13. The molecule has 0 saturated heterocycles. The second-order valence-electron chi connectivity index (χ2n) is 7.48. The molecule has 2 aromatic rings. The van der Waals surface area contributed by atoms with Crippen molar-refractivity contribution < 1.29 is 28.6 Å². The minimum absolute atomic E-state index is 0.0935. The van der Waals surface area contributed by atoms with Crippen LogP contribution in [0.1, 0.15) is 59.6 Å². The van der Waals surface area contributed by atoms with E-state index in [0.717, 1.165) is 12.0 Å². The lowest BCUT2D eigenvalue weighted by Crippen LogP contribution is -2.35. The van der Waals surface area contributed by atoms with E-state index in [4.69, 9.17) is 14.2 Å². The largest absolute Gasteiger partial charge is 0.490 e. The van der Waals surface area contributed by atoms with Crippen LogP contribution in [0.15, 0.2) is 30.5 Å². The lowest BCUT2D eigenvalue weighted by molar-refractivity contribution is -0.125. The number of carbonyl (C=O) groups excluding carboxylic acids is 3. The number of amides is 1. The molecular weight excluding hydrogens is 388 g/mol. The van der Waals surface area contributed by atoms with Gasteiger partial charge in [0.05, 0.1) is 19.3 Å². The van der Waals surface area contributed by atoms with Crippen LogP contribution >= 0.6 is 0 Å². The average molecular weight is 414 g/mol. The van der Waals surface area contributed by atoms with Crippen LogP contribution in [0.4, 0.5) is 0 Å². The van der Waals surface area contributed by atoms with Crippen LogP contribution in [0.3, 0.4) is 0 Å². The summed E-state index contributed by atoms with van der Waals surface area (Å²) in [6, 6.07) is 6.72. The fraction of sp³-hybridized carbons (Fsp3) is 0.409. The molecule has 1 aromatic heterocycles. The zero-order valence-electron chi connectivity index (χ0n) is 17.3. The van der Waals surface area contributed by atoms with Gasteiger partial charge < -0.3 is 24.5 Å². The van der Waals surface area contributed by atoms with Gasteiger partial charge in [0.15, 0.2) is 23.9 Å². The Morgan fingerprint density at radius 2 is 1.87 bits per heavy atom. The van der Waals surface area contributed by atoms with Gasteiger partial charge in [-0.05, 0) is 36.6 Å². The van der Waals surface area contributed by atoms with Crippen LogP contribution in [0.5, 0.6) is 11.5 Å². The second-order valence-corrected chi connectivity index (χ2v) is 7.48. The van der Waals surface area contributed by atoms with Gasteiger partial charge in [-0.25, -0.2) is 4.79 Å². The third kappa shape index (κ3) is 5.20. The van der Waals surface area contributed by atoms with Crippen LogP contribution in [-0.2, 0) is 9.53 Å². The third-order valence-electron chi connectivity index (χ3n) is 4.76. The predicted octanol–water partition coefficient (Wildman–Crippen LogP) is 3.05. The number of nitrogens with one attached hydrogen (secondary N) is 2. The van der Waals surface area contributed by atoms with E-state index in [1.54, 1.807) is 0 Å². The number of rotatable bonds is 7. The van der Waals surface area contributed by atoms with E-state index in [-0.39, 0.29) is 23.4 Å². The number of esters is 1. The number of ketones is 1. The highest BCUT2D eigenvalue weighted by molar-refractivity contribution is 5.97. The third-order valence-corrected chi connectivity index (χ3v) is 4.76. The van der Waals surface area contributed by atoms with Crippen molar-refractivity contribution in [3.63, 3.8) is 0 Å². The Bertz CT molecular complexity index is 933. The molecule has 1 aliphatic heterocycles. The molecule has 0 aliphatic carbocycles. The van der Waals surface area contributed by atoms with E-state index in [2.05, 4.69) is 10.3 Å². The summed E-state index contributed by atoms with van der Waals surface area (Å²) in [5.74, 6) is 0.148. The van der Waals surface area contributed by atoms with Crippen molar-refractivity contribution in [2.75, 3.05) is 19.8 Å². The molecule has 0 saturated carbocycles. The van der Waals surface area contributed by atoms with Crippen molar-refractivity contribution in [1.82, 2.24) is 10.3 Å². The maximum atomic E-state index is 12.4. The predicted molar refractivity (Wildman–Crippen MR) is 109 cm³/mol. The number of ether oxygens (including phenoxy) is 3. The molecule has 1 atom stereocenters. The van der Waals surface area contributed by atoms with Gasteiger partial charge in [0.25, 0.3) is 5.91 Å². The van der Waals surface area contributed by atoms with E-state index in [0.29, 0.717) is 30.3 Å². The van der Waals surface area contributed by atoms with Crippen LogP contribution < -0.4 is 14.8 Å². The Labute approximate surface area is 174 Å². The number of carbonyl (C=O) groups is 3. The molecule has 2 N–H and O–H groups in total. The van der Waals surface area contributed by atoms with Gasteiger partial charge >= 0.3 is 5.97 Å². The van der Waals surface area contributed by atoms with Gasteiger partial charge in [-0.15, -0.1) is 0 Å². The Morgan fingerprint density at radius 3 is 2.53 bits per heavy atom. The number of aromatic nitrogens is 1. The number of aromatic amines is 1. The van der Waals surface area contributed by atoms with Crippen molar-refractivity contribution in [2.45, 2.75) is 33.2 Å². The van der Waals surface area contributed by atoms with Crippen LogP contribution in [0.25, 0.3) is 0 Å². The SMILES string of the molecule is CC(=O)c1c[nH]c(C(=O)OCC(=O)N[C@@H](c2ccc3c(c2)OCCCO3)C(C)C)c1. The number of fused-ring (bicyclic) bond motifs is 1. The van der Waals surface area contributed by atoms with E-state index >= 15 is 0 Å². The molecule has 0 fully saturated rings. The highest BCUT2D eigenvalue weighted by atomic mass is 16.5. The van der Waals surface area contributed by atoms with Gasteiger partial charge in [0.2, 0.25) is 0 Å². The molecule has 30 heavy (non-hydrogen) atoms. The maximum absolute atomic E-state index is 12.4. The van der Waals surface area contributed by atoms with Crippen LogP contribution in [-0.4, -0.2) is 42.5 Å². The Hall–Kier alpha value is -3.29. The average Bonchev–Trinajstić information content (AvgIpc) is 3.10. The molecule has 0 bridgehead atoms. The minimum Gasteiger partial charge on any atom is -0.490 e. The summed E-state index contributed by atoms with van der Waals surface area (Å²) in [7, 11) is 0. The number of Topliss-reactive ketones (excluding diaryl/α,β-unsaturated/α-hetero) is 1. The maximum Gasteiger partial charge on any atom is 0.355 e. The van der Waals surface area contributed by atoms with Gasteiger partial charge in [-0.2, -0.15) is 0 Å². The molecular formula is C22H26N2O6. The molecule has 0 unspecified atom stereocenters. The quantitative estimate of drug-likeness (QED) is 0.533. The van der Waals surface area contributed by atoms with E-state index < -0.39 is 18.5 Å².